The molecule has 0 aliphatic rings. The van der Waals surface area contributed by atoms with Gasteiger partial charge in [0.15, 0.2) is 0 Å². The molecule has 0 atom stereocenters. The van der Waals surface area contributed by atoms with Gasteiger partial charge in [0.1, 0.15) is 0 Å². The second-order valence-corrected chi connectivity index (χ2v) is 10.3. The van der Waals surface area contributed by atoms with Crippen LogP contribution in [0.15, 0.2) is 0 Å². The third-order valence-corrected chi connectivity index (χ3v) is 6.48. The summed E-state index contributed by atoms with van der Waals surface area (Å²) in [6.45, 7) is 22.1. The van der Waals surface area contributed by atoms with E-state index in [4.69, 9.17) is 19.8 Å². The van der Waals surface area contributed by atoms with Crippen molar-refractivity contribution in [2.24, 2.45) is 0 Å². The minimum atomic E-state index is -2.19. The smallest absolute Gasteiger partial charge is 0.0870 e. The van der Waals surface area contributed by atoms with Gasteiger partial charge in [0.05, 0.1) is 65.3 Å². The minimum absolute atomic E-state index is 1.32. The third-order valence-electron chi connectivity index (χ3n) is 6.48. The van der Waals surface area contributed by atoms with Gasteiger partial charge in [0.25, 0.3) is 0 Å². The van der Waals surface area contributed by atoms with Crippen LogP contribution in [-0.4, -0.2) is 74.3 Å². The topological polar surface area (TPSA) is 80.3 Å². The van der Waals surface area contributed by atoms with E-state index < -0.39 is 11.9 Å². The summed E-state index contributed by atoms with van der Waals surface area (Å²) in [5.41, 5.74) is 0. The molecule has 0 amide bonds. The Bertz CT molecular complexity index is 384. The van der Waals surface area contributed by atoms with Gasteiger partial charge in [-0.3, -0.25) is 0 Å². The number of unbranched alkanes of at least 4 members (excludes halogenated alkanes) is 6. The van der Waals surface area contributed by atoms with Crippen molar-refractivity contribution >= 4 is 11.9 Å². The SMILES string of the molecule is CCCC[N+](C)(CCCC)CCCC.CCCC[N+](C)(CCCC)CCCC.O=C([O-])C(=O)[O-]. The monoisotopic (exact) mass is 488 g/mol. The van der Waals surface area contributed by atoms with E-state index in [1.54, 1.807) is 0 Å². The molecule has 0 heterocycles. The lowest BCUT2D eigenvalue weighted by molar-refractivity contribution is -0.910. The predicted octanol–water partition coefficient (Wildman–Crippen LogP) is 4.15. The van der Waals surface area contributed by atoms with Crippen LogP contribution in [0.25, 0.3) is 0 Å². The summed E-state index contributed by atoms with van der Waals surface area (Å²) in [5, 5.41) is 17.9. The fraction of sp³-hybridized carbons (Fsp3) is 0.929. The van der Waals surface area contributed by atoms with E-state index in [2.05, 4.69) is 55.6 Å². The Morgan fingerprint density at radius 3 is 0.676 bits per heavy atom. The summed E-state index contributed by atoms with van der Waals surface area (Å²) in [6, 6.07) is 0. The number of nitrogens with zero attached hydrogens (tertiary/aromatic N) is 2. The lowest BCUT2D eigenvalue weighted by atomic mass is 10.2. The van der Waals surface area contributed by atoms with Crippen LogP contribution in [0.5, 0.6) is 0 Å². The van der Waals surface area contributed by atoms with Gasteiger partial charge in [0.2, 0.25) is 0 Å². The van der Waals surface area contributed by atoms with Crippen molar-refractivity contribution < 1.29 is 28.8 Å². The molecule has 0 fully saturated rings. The van der Waals surface area contributed by atoms with Crippen LogP contribution in [0.4, 0.5) is 0 Å². The summed E-state index contributed by atoms with van der Waals surface area (Å²) in [5.74, 6) is -4.37. The van der Waals surface area contributed by atoms with E-state index in [9.17, 15) is 0 Å². The molecule has 0 aliphatic carbocycles. The maximum Gasteiger partial charge on any atom is 0.0870 e. The molecule has 0 N–H and O–H groups in total. The Balaban J connectivity index is -0.000000458. The maximum absolute atomic E-state index is 8.93. The molecule has 0 bridgehead atoms. The molecule has 6 nitrogen and oxygen atoms in total. The Labute approximate surface area is 212 Å². The Hall–Kier alpha value is -1.14. The zero-order chi connectivity index (χ0) is 26.9. The van der Waals surface area contributed by atoms with Crippen molar-refractivity contribution in [1.82, 2.24) is 0 Å². The van der Waals surface area contributed by atoms with Gasteiger partial charge in [-0.05, 0) is 38.5 Å². The minimum Gasteiger partial charge on any atom is -0.543 e. The highest BCUT2D eigenvalue weighted by Crippen LogP contribution is 2.11. The quantitative estimate of drug-likeness (QED) is 0.214. The van der Waals surface area contributed by atoms with Crippen LogP contribution in [0, 0.1) is 0 Å². The van der Waals surface area contributed by atoms with Crippen LogP contribution in [0.1, 0.15) is 119 Å². The number of carboxylic acids is 2. The molecule has 0 aromatic heterocycles. The second kappa shape index (κ2) is 25.0. The van der Waals surface area contributed by atoms with Crippen molar-refractivity contribution in [1.29, 1.82) is 0 Å². The number of carboxylic acid groups (broad SMARTS) is 2. The molecule has 0 saturated carbocycles. The molecule has 0 saturated heterocycles. The van der Waals surface area contributed by atoms with Gasteiger partial charge in [-0.15, -0.1) is 0 Å². The largest absolute Gasteiger partial charge is 0.543 e. The lowest BCUT2D eigenvalue weighted by Crippen LogP contribution is -2.46. The Kier molecular flexibility index (Phi) is 27.5. The average molecular weight is 489 g/mol. The molecule has 0 rings (SSSR count). The molecule has 0 unspecified atom stereocenters. The van der Waals surface area contributed by atoms with E-state index >= 15 is 0 Å². The average Bonchev–Trinajstić information content (AvgIpc) is 2.82. The van der Waals surface area contributed by atoms with E-state index in [1.807, 2.05) is 0 Å². The van der Waals surface area contributed by atoms with E-state index in [-0.39, 0.29) is 0 Å². The number of carbonyl (C=O) groups excluding carboxylic acids is 2. The van der Waals surface area contributed by atoms with E-state index in [0.717, 1.165) is 0 Å². The lowest BCUT2D eigenvalue weighted by Gasteiger charge is -2.34. The van der Waals surface area contributed by atoms with Crippen molar-refractivity contribution in [2.45, 2.75) is 119 Å². The highest BCUT2D eigenvalue weighted by atomic mass is 16.4. The van der Waals surface area contributed by atoms with Crippen LogP contribution in [0.2, 0.25) is 0 Å². The normalized spacial score (nSPS) is 11.2. The molecule has 0 aromatic rings. The first-order chi connectivity index (χ1) is 16.0. The fourth-order valence-corrected chi connectivity index (χ4v) is 3.91. The maximum atomic E-state index is 8.93. The fourth-order valence-electron chi connectivity index (χ4n) is 3.91. The summed E-state index contributed by atoms with van der Waals surface area (Å²) < 4.78 is 2.63. The first-order valence-electron chi connectivity index (χ1n) is 14.1. The van der Waals surface area contributed by atoms with Crippen LogP contribution < -0.4 is 10.2 Å². The van der Waals surface area contributed by atoms with Crippen LogP contribution >= 0.6 is 0 Å². The third kappa shape index (κ3) is 25.5. The van der Waals surface area contributed by atoms with E-state index in [0.29, 0.717) is 0 Å². The number of carbonyl (C=O) groups is 2. The Morgan fingerprint density at radius 1 is 0.441 bits per heavy atom. The van der Waals surface area contributed by atoms with Crippen LogP contribution in [0.3, 0.4) is 0 Å². The van der Waals surface area contributed by atoms with Crippen molar-refractivity contribution in [2.75, 3.05) is 53.4 Å². The molecule has 6 heteroatoms. The molecular formula is C28H60N2O4. The van der Waals surface area contributed by atoms with E-state index in [1.165, 1.54) is 125 Å². The first-order valence-corrected chi connectivity index (χ1v) is 14.1. The van der Waals surface area contributed by atoms with Crippen molar-refractivity contribution in [3.05, 3.63) is 0 Å². The molecule has 0 spiro atoms. The van der Waals surface area contributed by atoms with Gasteiger partial charge < -0.3 is 28.8 Å². The number of aliphatic carboxylic acids is 2. The van der Waals surface area contributed by atoms with Crippen LogP contribution in [-0.2, 0) is 9.59 Å². The molecule has 206 valence electrons. The van der Waals surface area contributed by atoms with Gasteiger partial charge in [0, 0.05) is 0 Å². The highest BCUT2D eigenvalue weighted by molar-refractivity contribution is 6.25. The molecule has 0 aromatic carbocycles. The number of rotatable bonds is 18. The summed E-state index contributed by atoms with van der Waals surface area (Å²) in [7, 11) is 4.89. The van der Waals surface area contributed by atoms with Gasteiger partial charge >= 0.3 is 0 Å². The van der Waals surface area contributed by atoms with Crippen molar-refractivity contribution in [3.8, 4) is 0 Å². The standard InChI is InChI=1S/2C13H30N.C2H2O4/c2*1-5-8-11-14(4,12-9-6-2)13-10-7-3;3-1(4)2(5)6/h2*5-13H2,1-4H3;(H,3,4)(H,5,6)/q2*+1;/p-2. The summed E-state index contributed by atoms with van der Waals surface area (Å²) in [6.07, 6.45) is 16.4. The number of hydrogen-bond acceptors (Lipinski definition) is 4. The molecule has 0 radical (unpaired) electrons. The van der Waals surface area contributed by atoms with Gasteiger partial charge in [-0.25, -0.2) is 0 Å². The Morgan fingerprint density at radius 2 is 0.588 bits per heavy atom. The highest BCUT2D eigenvalue weighted by Gasteiger charge is 2.19. The van der Waals surface area contributed by atoms with Crippen molar-refractivity contribution in [3.63, 3.8) is 0 Å². The summed E-state index contributed by atoms with van der Waals surface area (Å²) >= 11 is 0. The predicted molar refractivity (Wildman–Crippen MR) is 141 cm³/mol. The number of hydrogen-bond donors (Lipinski definition) is 0. The molecule has 34 heavy (non-hydrogen) atoms. The van der Waals surface area contributed by atoms with Gasteiger partial charge in [-0.2, -0.15) is 0 Å². The molecule has 0 aliphatic heterocycles. The zero-order valence-corrected chi connectivity index (χ0v) is 24.3. The van der Waals surface area contributed by atoms with Gasteiger partial charge in [-0.1, -0.05) is 80.1 Å². The second-order valence-electron chi connectivity index (χ2n) is 10.3. The zero-order valence-electron chi connectivity index (χ0n) is 24.3. The first kappa shape index (κ1) is 37.4. The molecular weight excluding hydrogens is 428 g/mol. The summed E-state index contributed by atoms with van der Waals surface area (Å²) in [4.78, 5) is 17.9. The number of quaternary nitrogens is 2.